The first-order chi connectivity index (χ1) is 11.1. The summed E-state index contributed by atoms with van der Waals surface area (Å²) < 4.78 is 15.9. The molecule has 1 N–H and O–H groups in total. The average Bonchev–Trinajstić information content (AvgIpc) is 2.57. The molecule has 0 aromatic heterocycles. The number of ether oxygens (including phenoxy) is 3. The van der Waals surface area contributed by atoms with Gasteiger partial charge in [0.2, 0.25) is 0 Å². The van der Waals surface area contributed by atoms with Gasteiger partial charge in [-0.05, 0) is 38.1 Å². The number of fused-ring (bicyclic) bond motifs is 1. The summed E-state index contributed by atoms with van der Waals surface area (Å²) in [6, 6.07) is 5.52. The first-order valence-electron chi connectivity index (χ1n) is 8.02. The van der Waals surface area contributed by atoms with Gasteiger partial charge in [0.15, 0.2) is 11.5 Å². The van der Waals surface area contributed by atoms with Crippen molar-refractivity contribution in [2.75, 3.05) is 40.0 Å². The molecule has 0 aliphatic carbocycles. The number of benzene rings is 1. The highest BCUT2D eigenvalue weighted by Gasteiger charge is 2.16. The molecule has 1 unspecified atom stereocenters. The zero-order valence-electron chi connectivity index (χ0n) is 13.8. The lowest BCUT2D eigenvalue weighted by atomic mass is 10.1. The number of aliphatic hydroxyl groups is 1. The van der Waals surface area contributed by atoms with Gasteiger partial charge in [0.05, 0.1) is 19.1 Å². The van der Waals surface area contributed by atoms with E-state index in [1.807, 2.05) is 30.1 Å². The van der Waals surface area contributed by atoms with Gasteiger partial charge in [-0.25, -0.2) is 0 Å². The lowest BCUT2D eigenvalue weighted by Gasteiger charge is -2.21. The van der Waals surface area contributed by atoms with Crippen molar-refractivity contribution < 1.29 is 24.1 Å². The molecule has 0 spiro atoms. The van der Waals surface area contributed by atoms with E-state index in [0.717, 1.165) is 11.3 Å². The summed E-state index contributed by atoms with van der Waals surface area (Å²) in [5, 5.41) is 10.3. The Morgan fingerprint density at radius 3 is 2.78 bits per heavy atom. The van der Waals surface area contributed by atoms with Crippen LogP contribution in [-0.2, 0) is 9.53 Å². The van der Waals surface area contributed by atoms with E-state index in [2.05, 4.69) is 0 Å². The molecular formula is C17H25NO5. The Kier molecular flexibility index (Phi) is 6.67. The Morgan fingerprint density at radius 2 is 2.04 bits per heavy atom. The van der Waals surface area contributed by atoms with Crippen LogP contribution >= 0.6 is 0 Å². The highest BCUT2D eigenvalue weighted by atomic mass is 16.6. The quantitative estimate of drug-likeness (QED) is 0.735. The summed E-state index contributed by atoms with van der Waals surface area (Å²) in [6.45, 7) is 4.60. The molecule has 1 aromatic rings. The minimum Gasteiger partial charge on any atom is -0.486 e. The minimum atomic E-state index is -0.573. The van der Waals surface area contributed by atoms with Crippen LogP contribution in [0.5, 0.6) is 11.5 Å². The molecule has 0 saturated heterocycles. The van der Waals surface area contributed by atoms with Gasteiger partial charge in [-0.3, -0.25) is 4.79 Å². The third kappa shape index (κ3) is 5.41. The number of esters is 1. The fourth-order valence-electron chi connectivity index (χ4n) is 2.40. The molecule has 0 fully saturated rings. The van der Waals surface area contributed by atoms with E-state index < -0.39 is 6.10 Å². The molecule has 0 bridgehead atoms. The molecule has 2 rings (SSSR count). The van der Waals surface area contributed by atoms with Crippen molar-refractivity contribution in [1.82, 2.24) is 4.90 Å². The molecule has 1 heterocycles. The van der Waals surface area contributed by atoms with Crippen LogP contribution in [0.4, 0.5) is 0 Å². The average molecular weight is 323 g/mol. The van der Waals surface area contributed by atoms with Crippen LogP contribution in [-0.4, -0.2) is 55.9 Å². The molecule has 0 saturated carbocycles. The van der Waals surface area contributed by atoms with E-state index in [4.69, 9.17) is 14.2 Å². The number of aliphatic hydroxyl groups excluding tert-OH is 1. The Balaban J connectivity index is 1.78. The molecule has 0 radical (unpaired) electrons. The third-order valence-electron chi connectivity index (χ3n) is 3.74. The molecule has 1 aromatic carbocycles. The van der Waals surface area contributed by atoms with Gasteiger partial charge in [-0.2, -0.15) is 0 Å². The van der Waals surface area contributed by atoms with Crippen molar-refractivity contribution in [2.45, 2.75) is 25.9 Å². The van der Waals surface area contributed by atoms with Crippen LogP contribution in [0.15, 0.2) is 18.2 Å². The lowest BCUT2D eigenvalue weighted by molar-refractivity contribution is -0.143. The topological polar surface area (TPSA) is 68.2 Å². The summed E-state index contributed by atoms with van der Waals surface area (Å²) in [5.74, 6) is 1.22. The first kappa shape index (κ1) is 17.6. The fraction of sp³-hybridized carbons (Fsp3) is 0.588. The van der Waals surface area contributed by atoms with Gasteiger partial charge in [0.1, 0.15) is 13.2 Å². The second kappa shape index (κ2) is 8.74. The van der Waals surface area contributed by atoms with Crippen LogP contribution in [0.1, 0.15) is 31.4 Å². The Hall–Kier alpha value is -1.79. The largest absolute Gasteiger partial charge is 0.486 e. The molecule has 6 nitrogen and oxygen atoms in total. The molecule has 1 atom stereocenters. The first-order valence-corrected chi connectivity index (χ1v) is 8.02. The van der Waals surface area contributed by atoms with Gasteiger partial charge in [0, 0.05) is 13.1 Å². The molecule has 23 heavy (non-hydrogen) atoms. The van der Waals surface area contributed by atoms with Crippen LogP contribution in [0.25, 0.3) is 0 Å². The van der Waals surface area contributed by atoms with E-state index in [0.29, 0.717) is 51.5 Å². The summed E-state index contributed by atoms with van der Waals surface area (Å²) in [6.07, 6.45) is 0.375. The Labute approximate surface area is 136 Å². The zero-order chi connectivity index (χ0) is 16.7. The van der Waals surface area contributed by atoms with E-state index >= 15 is 0 Å². The predicted octanol–water partition coefficient (Wildman–Crippen LogP) is 1.77. The molecule has 6 heteroatoms. The molecule has 0 amide bonds. The number of carbonyl (C=O) groups is 1. The molecular weight excluding hydrogens is 298 g/mol. The maximum Gasteiger partial charge on any atom is 0.307 e. The van der Waals surface area contributed by atoms with Crippen molar-refractivity contribution in [2.24, 2.45) is 0 Å². The Morgan fingerprint density at radius 1 is 1.30 bits per heavy atom. The lowest BCUT2D eigenvalue weighted by Crippen LogP contribution is -2.25. The van der Waals surface area contributed by atoms with Crippen molar-refractivity contribution >= 4 is 5.97 Å². The smallest absolute Gasteiger partial charge is 0.307 e. The normalized spacial score (nSPS) is 14.6. The molecule has 128 valence electrons. The van der Waals surface area contributed by atoms with Crippen LogP contribution in [0.3, 0.4) is 0 Å². The van der Waals surface area contributed by atoms with Crippen LogP contribution < -0.4 is 9.47 Å². The van der Waals surface area contributed by atoms with Crippen molar-refractivity contribution in [1.29, 1.82) is 0 Å². The van der Waals surface area contributed by atoms with Gasteiger partial charge in [0.25, 0.3) is 0 Å². The summed E-state index contributed by atoms with van der Waals surface area (Å²) >= 11 is 0. The number of hydrogen-bond donors (Lipinski definition) is 1. The standard InChI is InChI=1S/C17H25NO5/c1-3-21-17(20)7-9-18(2)8-6-14(19)13-4-5-15-16(12-13)23-11-10-22-15/h4-5,12,14,19H,3,6-11H2,1-2H3. The number of nitrogens with zero attached hydrogens (tertiary/aromatic N) is 1. The number of rotatable bonds is 8. The minimum absolute atomic E-state index is 0.188. The highest BCUT2D eigenvalue weighted by molar-refractivity contribution is 5.69. The monoisotopic (exact) mass is 323 g/mol. The maximum absolute atomic E-state index is 11.3. The molecule has 1 aliphatic rings. The van der Waals surface area contributed by atoms with Gasteiger partial charge < -0.3 is 24.2 Å². The van der Waals surface area contributed by atoms with E-state index in [1.54, 1.807) is 6.92 Å². The summed E-state index contributed by atoms with van der Waals surface area (Å²) in [5.41, 5.74) is 0.813. The van der Waals surface area contributed by atoms with Gasteiger partial charge >= 0.3 is 5.97 Å². The predicted molar refractivity (Wildman–Crippen MR) is 85.8 cm³/mol. The number of carbonyl (C=O) groups excluding carboxylic acids is 1. The SMILES string of the molecule is CCOC(=O)CCN(C)CCC(O)c1ccc2c(c1)OCCO2. The van der Waals surface area contributed by atoms with Crippen molar-refractivity contribution in [3.05, 3.63) is 23.8 Å². The van der Waals surface area contributed by atoms with Gasteiger partial charge in [-0.1, -0.05) is 6.07 Å². The van der Waals surface area contributed by atoms with Crippen molar-refractivity contribution in [3.8, 4) is 11.5 Å². The molecule has 1 aliphatic heterocycles. The Bertz CT molecular complexity index is 520. The second-order valence-electron chi connectivity index (χ2n) is 5.57. The maximum atomic E-state index is 11.3. The third-order valence-corrected chi connectivity index (χ3v) is 3.74. The zero-order valence-corrected chi connectivity index (χ0v) is 13.8. The van der Waals surface area contributed by atoms with E-state index in [-0.39, 0.29) is 5.97 Å². The van der Waals surface area contributed by atoms with Gasteiger partial charge in [-0.15, -0.1) is 0 Å². The van der Waals surface area contributed by atoms with Crippen molar-refractivity contribution in [3.63, 3.8) is 0 Å². The van der Waals surface area contributed by atoms with Crippen LogP contribution in [0, 0.1) is 0 Å². The summed E-state index contributed by atoms with van der Waals surface area (Å²) in [7, 11) is 1.93. The fourth-order valence-corrected chi connectivity index (χ4v) is 2.40. The summed E-state index contributed by atoms with van der Waals surface area (Å²) in [4.78, 5) is 13.3. The van der Waals surface area contributed by atoms with Crippen LogP contribution in [0.2, 0.25) is 0 Å². The van der Waals surface area contributed by atoms with E-state index in [9.17, 15) is 9.90 Å². The second-order valence-corrected chi connectivity index (χ2v) is 5.57. The van der Waals surface area contributed by atoms with E-state index in [1.165, 1.54) is 0 Å². The highest BCUT2D eigenvalue weighted by Crippen LogP contribution is 2.33. The number of hydrogen-bond acceptors (Lipinski definition) is 6.